The molecule has 158 valence electrons. The van der Waals surface area contributed by atoms with Crippen LogP contribution < -0.4 is 10.2 Å². The largest absolute Gasteiger partial charge is 0.486 e. The molecule has 2 aromatic carbocycles. The molecule has 0 radical (unpaired) electrons. The van der Waals surface area contributed by atoms with Crippen molar-refractivity contribution in [3.05, 3.63) is 90.6 Å². The first-order valence-electron chi connectivity index (χ1n) is 9.23. The smallest absolute Gasteiger partial charge is 0.280 e. The molecule has 0 bridgehead atoms. The molecular weight excluding hydrogens is 546 g/mol. The van der Waals surface area contributed by atoms with E-state index in [0.717, 1.165) is 17.0 Å². The zero-order valence-electron chi connectivity index (χ0n) is 16.7. The summed E-state index contributed by atoms with van der Waals surface area (Å²) >= 11 is 13.2. The Morgan fingerprint density at radius 3 is 2.35 bits per heavy atom. The number of hydrogen-bond donors (Lipinski definition) is 1. The molecule has 8 heteroatoms. The van der Waals surface area contributed by atoms with Crippen molar-refractivity contribution in [2.75, 3.05) is 5.43 Å². The first-order valence-corrected chi connectivity index (χ1v) is 11.2. The average molecular weight is 564 g/mol. The minimum atomic E-state index is -0.490. The third-order valence-corrected chi connectivity index (χ3v) is 6.06. The van der Waals surface area contributed by atoms with Crippen LogP contribution in [0.15, 0.2) is 63.0 Å². The van der Waals surface area contributed by atoms with Crippen LogP contribution in [0, 0.1) is 25.2 Å². The Bertz CT molecular complexity index is 1170. The molecule has 0 fully saturated rings. The van der Waals surface area contributed by atoms with Gasteiger partial charge in [-0.2, -0.15) is 5.26 Å². The van der Waals surface area contributed by atoms with E-state index < -0.39 is 5.91 Å². The second-order valence-electron chi connectivity index (χ2n) is 6.76. The van der Waals surface area contributed by atoms with Crippen LogP contribution in [0.1, 0.15) is 22.5 Å². The number of carbonyl (C=O) groups is 1. The van der Waals surface area contributed by atoms with E-state index >= 15 is 0 Å². The Kier molecular flexibility index (Phi) is 7.60. The predicted molar refractivity (Wildman–Crippen MR) is 129 cm³/mol. The second kappa shape index (κ2) is 10.2. The Hall–Kier alpha value is -2.53. The number of carbonyl (C=O) groups excluding carboxylic acids is 1. The number of benzene rings is 2. The molecule has 5 nitrogen and oxygen atoms in total. The van der Waals surface area contributed by atoms with Crippen molar-refractivity contribution in [2.24, 2.45) is 0 Å². The monoisotopic (exact) mass is 561 g/mol. The molecule has 1 aromatic heterocycles. The summed E-state index contributed by atoms with van der Waals surface area (Å²) in [6.45, 7) is 4.05. The zero-order valence-corrected chi connectivity index (χ0v) is 20.7. The van der Waals surface area contributed by atoms with Gasteiger partial charge < -0.3 is 4.74 Å². The maximum atomic E-state index is 12.6. The van der Waals surface area contributed by atoms with Crippen molar-refractivity contribution in [3.63, 3.8) is 0 Å². The Morgan fingerprint density at radius 2 is 1.77 bits per heavy atom. The molecule has 31 heavy (non-hydrogen) atoms. The molecular formula is C23H18Br2ClN3O2. The molecule has 0 aliphatic heterocycles. The molecule has 3 aromatic rings. The number of nitrogens with zero attached hydrogens (tertiary/aromatic N) is 2. The number of aromatic nitrogens is 1. The van der Waals surface area contributed by atoms with Gasteiger partial charge in [-0.15, -0.1) is 0 Å². The fourth-order valence-corrected chi connectivity index (χ4v) is 4.53. The van der Waals surface area contributed by atoms with Crippen molar-refractivity contribution >= 4 is 55.4 Å². The van der Waals surface area contributed by atoms with Crippen molar-refractivity contribution < 1.29 is 9.53 Å². The van der Waals surface area contributed by atoms with E-state index in [-0.39, 0.29) is 5.57 Å². The minimum absolute atomic E-state index is 0.0176. The van der Waals surface area contributed by atoms with Crippen LogP contribution in [-0.4, -0.2) is 10.6 Å². The molecule has 3 rings (SSSR count). The predicted octanol–water partition coefficient (Wildman–Crippen LogP) is 6.54. The maximum absolute atomic E-state index is 12.6. The fourth-order valence-electron chi connectivity index (χ4n) is 2.89. The van der Waals surface area contributed by atoms with Crippen LogP contribution in [0.2, 0.25) is 5.02 Å². The normalized spacial score (nSPS) is 11.2. The number of halogens is 3. The highest BCUT2D eigenvalue weighted by atomic mass is 79.9. The van der Waals surface area contributed by atoms with Gasteiger partial charge in [0.1, 0.15) is 24.0 Å². The molecule has 1 amide bonds. The lowest BCUT2D eigenvalue weighted by Crippen LogP contribution is -2.25. The Morgan fingerprint density at radius 1 is 1.16 bits per heavy atom. The summed E-state index contributed by atoms with van der Waals surface area (Å²) in [6, 6.07) is 16.8. The summed E-state index contributed by atoms with van der Waals surface area (Å²) in [5.74, 6) is 0.106. The average Bonchev–Trinajstić information content (AvgIpc) is 3.04. The summed E-state index contributed by atoms with van der Waals surface area (Å²) in [5, 5.41) is 10.1. The molecule has 0 spiro atoms. The summed E-state index contributed by atoms with van der Waals surface area (Å²) < 4.78 is 8.91. The molecule has 0 saturated heterocycles. The third kappa shape index (κ3) is 5.59. The standard InChI is InChI=1S/C23H18Br2ClN3O2/c1-14-7-8-15(2)29(14)28-23(30)18(12-27)9-16-10-19(24)22(20(25)11-16)31-13-17-5-3-4-6-21(17)26/h3-11H,13H2,1-2H3,(H,28,30)/b18-9-. The molecule has 0 saturated carbocycles. The zero-order chi connectivity index (χ0) is 22.5. The first-order chi connectivity index (χ1) is 14.8. The van der Waals surface area contributed by atoms with E-state index in [4.69, 9.17) is 16.3 Å². The summed E-state index contributed by atoms with van der Waals surface area (Å²) in [5.41, 5.74) is 5.99. The first kappa shape index (κ1) is 23.1. The van der Waals surface area contributed by atoms with Crippen molar-refractivity contribution in [2.45, 2.75) is 20.5 Å². The number of ether oxygens (including phenoxy) is 1. The van der Waals surface area contributed by atoms with Gasteiger partial charge in [0, 0.05) is 22.0 Å². The number of nitriles is 1. The van der Waals surface area contributed by atoms with Crippen molar-refractivity contribution in [3.8, 4) is 11.8 Å². The summed E-state index contributed by atoms with van der Waals surface area (Å²) in [7, 11) is 0. The summed E-state index contributed by atoms with van der Waals surface area (Å²) in [6.07, 6.45) is 1.52. The van der Waals surface area contributed by atoms with Gasteiger partial charge in [-0.1, -0.05) is 29.8 Å². The Labute approximate surface area is 202 Å². The maximum Gasteiger partial charge on any atom is 0.280 e. The van der Waals surface area contributed by atoms with E-state index in [1.165, 1.54) is 6.08 Å². The fraction of sp³-hybridized carbons (Fsp3) is 0.130. The van der Waals surface area contributed by atoms with Crippen molar-refractivity contribution in [1.82, 2.24) is 4.68 Å². The third-order valence-electron chi connectivity index (χ3n) is 4.51. The van der Waals surface area contributed by atoms with E-state index in [1.54, 1.807) is 16.8 Å². The van der Waals surface area contributed by atoms with Gasteiger partial charge in [-0.25, -0.2) is 0 Å². The highest BCUT2D eigenvalue weighted by molar-refractivity contribution is 9.11. The molecule has 1 N–H and O–H groups in total. The number of nitrogens with one attached hydrogen (secondary N) is 1. The summed E-state index contributed by atoms with van der Waals surface area (Å²) in [4.78, 5) is 12.6. The van der Waals surface area contributed by atoms with Gasteiger partial charge in [-0.05, 0) is 87.7 Å². The topological polar surface area (TPSA) is 67.0 Å². The van der Waals surface area contributed by atoms with E-state index in [2.05, 4.69) is 37.3 Å². The Balaban J connectivity index is 1.80. The molecule has 0 aliphatic carbocycles. The quantitative estimate of drug-likeness (QED) is 0.274. The van der Waals surface area contributed by atoms with Gasteiger partial charge in [0.05, 0.1) is 8.95 Å². The van der Waals surface area contributed by atoms with Gasteiger partial charge in [0.15, 0.2) is 0 Å². The molecule has 1 heterocycles. The molecule has 0 unspecified atom stereocenters. The number of aryl methyl sites for hydroxylation is 2. The lowest BCUT2D eigenvalue weighted by molar-refractivity contribution is -0.113. The second-order valence-corrected chi connectivity index (χ2v) is 8.87. The van der Waals surface area contributed by atoms with Crippen LogP contribution in [0.4, 0.5) is 0 Å². The highest BCUT2D eigenvalue weighted by Gasteiger charge is 2.14. The van der Waals surface area contributed by atoms with Crippen LogP contribution in [0.3, 0.4) is 0 Å². The molecule has 0 aliphatic rings. The van der Waals surface area contributed by atoms with Gasteiger partial charge in [0.2, 0.25) is 0 Å². The van der Waals surface area contributed by atoms with Gasteiger partial charge in [0.25, 0.3) is 5.91 Å². The number of rotatable bonds is 6. The lowest BCUT2D eigenvalue weighted by Gasteiger charge is -2.13. The van der Waals surface area contributed by atoms with Crippen LogP contribution in [-0.2, 0) is 11.4 Å². The van der Waals surface area contributed by atoms with Crippen LogP contribution >= 0.6 is 43.5 Å². The minimum Gasteiger partial charge on any atom is -0.486 e. The number of amides is 1. The van der Waals surface area contributed by atoms with Crippen LogP contribution in [0.25, 0.3) is 6.08 Å². The SMILES string of the molecule is Cc1ccc(C)n1NC(=O)/C(C#N)=C\c1cc(Br)c(OCc2ccccc2Cl)c(Br)c1. The molecule has 0 atom stereocenters. The van der Waals surface area contributed by atoms with E-state index in [9.17, 15) is 10.1 Å². The van der Waals surface area contributed by atoms with Gasteiger partial charge >= 0.3 is 0 Å². The van der Waals surface area contributed by atoms with Crippen molar-refractivity contribution in [1.29, 1.82) is 5.26 Å². The van der Waals surface area contributed by atoms with E-state index in [0.29, 0.717) is 31.9 Å². The lowest BCUT2D eigenvalue weighted by atomic mass is 10.1. The highest BCUT2D eigenvalue weighted by Crippen LogP contribution is 2.36. The number of hydrogen-bond acceptors (Lipinski definition) is 3. The van der Waals surface area contributed by atoms with E-state index in [1.807, 2.05) is 56.3 Å². The van der Waals surface area contributed by atoms with Crippen LogP contribution in [0.5, 0.6) is 5.75 Å². The van der Waals surface area contributed by atoms with Gasteiger partial charge in [-0.3, -0.25) is 14.9 Å².